The zero-order chi connectivity index (χ0) is 11.5. The van der Waals surface area contributed by atoms with Gasteiger partial charge in [0, 0.05) is 36.2 Å². The van der Waals surface area contributed by atoms with Crippen LogP contribution in [0, 0.1) is 0 Å². The predicted octanol–water partition coefficient (Wildman–Crippen LogP) is 3.32. The average Bonchev–Trinajstić information content (AvgIpc) is 2.71. The fourth-order valence-corrected chi connectivity index (χ4v) is 2.62. The number of nitrogens with zero attached hydrogens (tertiary/aromatic N) is 1. The molecular weight excluding hydrogens is 289 g/mol. The van der Waals surface area contributed by atoms with E-state index in [-0.39, 0.29) is 0 Å². The minimum Gasteiger partial charge on any atom is -0.380 e. The summed E-state index contributed by atoms with van der Waals surface area (Å²) in [6.07, 6.45) is 1.49. The summed E-state index contributed by atoms with van der Waals surface area (Å²) in [5.41, 5.74) is 1.17. The SMILES string of the molecule is CO[C@@H]1CCN(Cc2cc(Br)ccc2Cl)C1. The van der Waals surface area contributed by atoms with Crippen LogP contribution in [0.15, 0.2) is 22.7 Å². The number of methoxy groups -OCH3 is 1. The summed E-state index contributed by atoms with van der Waals surface area (Å²) >= 11 is 9.64. The highest BCUT2D eigenvalue weighted by molar-refractivity contribution is 9.10. The van der Waals surface area contributed by atoms with E-state index in [1.165, 1.54) is 5.56 Å². The number of benzene rings is 1. The van der Waals surface area contributed by atoms with Crippen molar-refractivity contribution in [3.05, 3.63) is 33.3 Å². The van der Waals surface area contributed by atoms with Crippen LogP contribution in [0.2, 0.25) is 5.02 Å². The van der Waals surface area contributed by atoms with Crippen molar-refractivity contribution >= 4 is 27.5 Å². The van der Waals surface area contributed by atoms with E-state index in [1.807, 2.05) is 12.1 Å². The minimum atomic E-state index is 0.380. The van der Waals surface area contributed by atoms with Crippen molar-refractivity contribution in [2.24, 2.45) is 0 Å². The van der Waals surface area contributed by atoms with Gasteiger partial charge >= 0.3 is 0 Å². The molecular formula is C12H15BrClNO. The summed E-state index contributed by atoms with van der Waals surface area (Å²) in [4.78, 5) is 2.38. The summed E-state index contributed by atoms with van der Waals surface area (Å²) in [6, 6.07) is 5.99. The third-order valence-corrected chi connectivity index (χ3v) is 3.83. The van der Waals surface area contributed by atoms with E-state index in [0.717, 1.165) is 35.6 Å². The molecule has 88 valence electrons. The molecule has 1 saturated heterocycles. The first kappa shape index (κ1) is 12.4. The topological polar surface area (TPSA) is 12.5 Å². The average molecular weight is 305 g/mol. The lowest BCUT2D eigenvalue weighted by atomic mass is 10.2. The number of likely N-dealkylation sites (tertiary alicyclic amines) is 1. The monoisotopic (exact) mass is 303 g/mol. The predicted molar refractivity (Wildman–Crippen MR) is 69.8 cm³/mol. The first-order chi connectivity index (χ1) is 7.69. The van der Waals surface area contributed by atoms with Crippen molar-refractivity contribution in [1.29, 1.82) is 0 Å². The van der Waals surface area contributed by atoms with Gasteiger partial charge in [-0.1, -0.05) is 27.5 Å². The van der Waals surface area contributed by atoms with E-state index in [2.05, 4.69) is 26.9 Å². The first-order valence-corrected chi connectivity index (χ1v) is 6.55. The Labute approximate surface area is 110 Å². The van der Waals surface area contributed by atoms with Crippen LogP contribution in [-0.4, -0.2) is 31.2 Å². The Morgan fingerprint density at radius 2 is 2.38 bits per heavy atom. The molecule has 0 N–H and O–H groups in total. The second-order valence-electron chi connectivity index (χ2n) is 4.12. The maximum absolute atomic E-state index is 6.17. The maximum atomic E-state index is 6.17. The summed E-state index contributed by atoms with van der Waals surface area (Å²) in [5, 5.41) is 0.837. The molecule has 1 atom stereocenters. The van der Waals surface area contributed by atoms with E-state index < -0.39 is 0 Å². The highest BCUT2D eigenvalue weighted by Crippen LogP contribution is 2.24. The van der Waals surface area contributed by atoms with Crippen molar-refractivity contribution in [3.63, 3.8) is 0 Å². The fourth-order valence-electron chi connectivity index (χ4n) is 2.04. The summed E-state index contributed by atoms with van der Waals surface area (Å²) in [6.45, 7) is 2.98. The fraction of sp³-hybridized carbons (Fsp3) is 0.500. The normalized spacial score (nSPS) is 21.6. The molecule has 0 saturated carbocycles. The Morgan fingerprint density at radius 3 is 3.06 bits per heavy atom. The lowest BCUT2D eigenvalue weighted by molar-refractivity contribution is 0.107. The van der Waals surface area contributed by atoms with Gasteiger partial charge in [0.15, 0.2) is 0 Å². The second kappa shape index (κ2) is 5.50. The van der Waals surface area contributed by atoms with Gasteiger partial charge in [0.2, 0.25) is 0 Å². The van der Waals surface area contributed by atoms with Gasteiger partial charge in [-0.05, 0) is 30.2 Å². The Hall–Kier alpha value is -0.0900. The molecule has 1 heterocycles. The van der Waals surface area contributed by atoms with Gasteiger partial charge < -0.3 is 4.74 Å². The minimum absolute atomic E-state index is 0.380. The molecule has 2 rings (SSSR count). The standard InChI is InChI=1S/C12H15BrClNO/c1-16-11-4-5-15(8-11)7-9-6-10(13)2-3-12(9)14/h2-3,6,11H,4-5,7-8H2,1H3/t11-/m1/s1. The quantitative estimate of drug-likeness (QED) is 0.849. The van der Waals surface area contributed by atoms with Crippen molar-refractivity contribution in [2.75, 3.05) is 20.2 Å². The van der Waals surface area contributed by atoms with Crippen LogP contribution < -0.4 is 0 Å². The highest BCUT2D eigenvalue weighted by atomic mass is 79.9. The molecule has 1 aromatic rings. The van der Waals surface area contributed by atoms with Crippen LogP contribution in [0.5, 0.6) is 0 Å². The number of halogens is 2. The van der Waals surface area contributed by atoms with Crippen LogP contribution in [-0.2, 0) is 11.3 Å². The van der Waals surface area contributed by atoms with Crippen molar-refractivity contribution in [3.8, 4) is 0 Å². The van der Waals surface area contributed by atoms with Gasteiger partial charge in [0.25, 0.3) is 0 Å². The molecule has 1 aliphatic rings. The molecule has 1 aromatic carbocycles. The number of hydrogen-bond acceptors (Lipinski definition) is 2. The molecule has 16 heavy (non-hydrogen) atoms. The lowest BCUT2D eigenvalue weighted by Crippen LogP contribution is -2.22. The summed E-state index contributed by atoms with van der Waals surface area (Å²) in [5.74, 6) is 0. The van der Waals surface area contributed by atoms with E-state index >= 15 is 0 Å². The van der Waals surface area contributed by atoms with E-state index in [4.69, 9.17) is 16.3 Å². The molecule has 4 heteroatoms. The van der Waals surface area contributed by atoms with Gasteiger partial charge in [0.1, 0.15) is 0 Å². The maximum Gasteiger partial charge on any atom is 0.0710 e. The molecule has 0 radical (unpaired) electrons. The molecule has 0 unspecified atom stereocenters. The van der Waals surface area contributed by atoms with Crippen LogP contribution in [0.3, 0.4) is 0 Å². The molecule has 0 aromatic heterocycles. The Kier molecular flexibility index (Phi) is 4.25. The summed E-state index contributed by atoms with van der Waals surface area (Å²) in [7, 11) is 1.78. The number of ether oxygens (including phenoxy) is 1. The third kappa shape index (κ3) is 2.98. The van der Waals surface area contributed by atoms with Gasteiger partial charge in [-0.2, -0.15) is 0 Å². The van der Waals surface area contributed by atoms with Gasteiger partial charge in [0.05, 0.1) is 6.10 Å². The zero-order valence-electron chi connectivity index (χ0n) is 9.25. The zero-order valence-corrected chi connectivity index (χ0v) is 11.6. The van der Waals surface area contributed by atoms with Crippen LogP contribution in [0.25, 0.3) is 0 Å². The molecule has 0 amide bonds. The van der Waals surface area contributed by atoms with Gasteiger partial charge in [-0.3, -0.25) is 4.90 Å². The van der Waals surface area contributed by atoms with Gasteiger partial charge in [-0.25, -0.2) is 0 Å². The van der Waals surface area contributed by atoms with E-state index in [1.54, 1.807) is 7.11 Å². The smallest absolute Gasteiger partial charge is 0.0710 e. The Bertz CT molecular complexity index is 372. The Balaban J connectivity index is 2.01. The number of rotatable bonds is 3. The van der Waals surface area contributed by atoms with Gasteiger partial charge in [-0.15, -0.1) is 0 Å². The van der Waals surface area contributed by atoms with Crippen molar-refractivity contribution in [1.82, 2.24) is 4.90 Å². The van der Waals surface area contributed by atoms with Crippen LogP contribution >= 0.6 is 27.5 Å². The Morgan fingerprint density at radius 1 is 1.56 bits per heavy atom. The molecule has 0 aliphatic carbocycles. The third-order valence-electron chi connectivity index (χ3n) is 2.96. The molecule has 0 bridgehead atoms. The first-order valence-electron chi connectivity index (χ1n) is 5.38. The van der Waals surface area contributed by atoms with Crippen molar-refractivity contribution < 1.29 is 4.74 Å². The molecule has 2 nitrogen and oxygen atoms in total. The van der Waals surface area contributed by atoms with Crippen LogP contribution in [0.4, 0.5) is 0 Å². The molecule has 1 fully saturated rings. The summed E-state index contributed by atoms with van der Waals surface area (Å²) < 4.78 is 6.43. The van der Waals surface area contributed by atoms with Crippen LogP contribution in [0.1, 0.15) is 12.0 Å². The van der Waals surface area contributed by atoms with E-state index in [9.17, 15) is 0 Å². The molecule has 0 spiro atoms. The number of hydrogen-bond donors (Lipinski definition) is 0. The molecule has 1 aliphatic heterocycles. The van der Waals surface area contributed by atoms with E-state index in [0.29, 0.717) is 6.10 Å². The van der Waals surface area contributed by atoms with Crippen molar-refractivity contribution in [2.45, 2.75) is 19.1 Å². The lowest BCUT2D eigenvalue weighted by Gasteiger charge is -2.16. The second-order valence-corrected chi connectivity index (χ2v) is 5.44. The highest BCUT2D eigenvalue weighted by Gasteiger charge is 2.22. The largest absolute Gasteiger partial charge is 0.380 e.